The number of likely N-dealkylation sites (tertiary alicyclic amines) is 1. The van der Waals surface area contributed by atoms with Gasteiger partial charge in [-0.15, -0.1) is 0 Å². The summed E-state index contributed by atoms with van der Waals surface area (Å²) in [5.41, 5.74) is -0.621. The summed E-state index contributed by atoms with van der Waals surface area (Å²) in [7, 11) is 1.78. The quantitative estimate of drug-likeness (QED) is 0.693. The van der Waals surface area contributed by atoms with Crippen LogP contribution in [0.25, 0.3) is 0 Å². The molecule has 21 heavy (non-hydrogen) atoms. The van der Waals surface area contributed by atoms with Crippen molar-refractivity contribution < 1.29 is 14.3 Å². The molecule has 0 spiro atoms. The lowest BCUT2D eigenvalue weighted by molar-refractivity contribution is -0.151. The average Bonchev–Trinajstić information content (AvgIpc) is 2.45. The summed E-state index contributed by atoms with van der Waals surface area (Å²) in [6.45, 7) is 11.2. The van der Waals surface area contributed by atoms with Crippen molar-refractivity contribution in [2.24, 2.45) is 0 Å². The zero-order chi connectivity index (χ0) is 15.9. The molecule has 1 heterocycles. The second-order valence-corrected chi connectivity index (χ2v) is 6.40. The molecule has 0 radical (unpaired) electrons. The van der Waals surface area contributed by atoms with Crippen LogP contribution in [0.5, 0.6) is 0 Å². The van der Waals surface area contributed by atoms with Crippen molar-refractivity contribution in [1.29, 1.82) is 0 Å². The summed E-state index contributed by atoms with van der Waals surface area (Å²) in [5, 5.41) is 3.37. The van der Waals surface area contributed by atoms with E-state index >= 15 is 0 Å². The normalized spacial score (nSPS) is 23.0. The Labute approximate surface area is 129 Å². The average molecular weight is 300 g/mol. The first-order valence-electron chi connectivity index (χ1n) is 8.11. The molecule has 1 N–H and O–H groups in total. The third kappa shape index (κ3) is 5.93. The van der Waals surface area contributed by atoms with E-state index in [-0.39, 0.29) is 12.0 Å². The van der Waals surface area contributed by atoms with Crippen molar-refractivity contribution in [3.05, 3.63) is 0 Å². The molecule has 0 aromatic heterocycles. The van der Waals surface area contributed by atoms with Crippen molar-refractivity contribution in [2.45, 2.75) is 64.6 Å². The molecule has 5 heteroatoms. The minimum atomic E-state index is -0.621. The van der Waals surface area contributed by atoms with E-state index in [1.54, 1.807) is 7.11 Å². The molecule has 0 aliphatic carbocycles. The predicted molar refractivity (Wildman–Crippen MR) is 84.4 cm³/mol. The van der Waals surface area contributed by atoms with E-state index in [2.05, 4.69) is 24.1 Å². The first-order valence-corrected chi connectivity index (χ1v) is 8.11. The highest BCUT2D eigenvalue weighted by atomic mass is 16.5. The van der Waals surface area contributed by atoms with Gasteiger partial charge in [-0.2, -0.15) is 0 Å². The fourth-order valence-corrected chi connectivity index (χ4v) is 2.95. The minimum absolute atomic E-state index is 0.154. The maximum Gasteiger partial charge on any atom is 0.326 e. The molecule has 0 bridgehead atoms. The van der Waals surface area contributed by atoms with Gasteiger partial charge in [-0.05, 0) is 53.5 Å². The van der Waals surface area contributed by atoms with Gasteiger partial charge in [-0.1, -0.05) is 0 Å². The topological polar surface area (TPSA) is 50.8 Å². The third-order valence-corrected chi connectivity index (χ3v) is 4.06. The second-order valence-electron chi connectivity index (χ2n) is 6.40. The Morgan fingerprint density at radius 1 is 1.48 bits per heavy atom. The summed E-state index contributed by atoms with van der Waals surface area (Å²) in [6, 6.07) is 0.243. The van der Waals surface area contributed by atoms with Crippen LogP contribution in [-0.4, -0.2) is 61.9 Å². The zero-order valence-corrected chi connectivity index (χ0v) is 14.3. The number of hydrogen-bond donors (Lipinski definition) is 1. The van der Waals surface area contributed by atoms with Gasteiger partial charge < -0.3 is 14.4 Å². The molecule has 1 aliphatic heterocycles. The van der Waals surface area contributed by atoms with Crippen LogP contribution < -0.4 is 5.32 Å². The lowest BCUT2D eigenvalue weighted by Gasteiger charge is -2.36. The number of nitrogens with one attached hydrogen (secondary N) is 1. The Hall–Kier alpha value is -0.650. The Morgan fingerprint density at radius 2 is 2.19 bits per heavy atom. The Morgan fingerprint density at radius 3 is 2.76 bits per heavy atom. The molecule has 1 saturated heterocycles. The first kappa shape index (κ1) is 18.4. The first-order chi connectivity index (χ1) is 9.91. The Bertz CT molecular complexity index is 323. The molecule has 0 aromatic rings. The molecular weight excluding hydrogens is 268 g/mol. The van der Waals surface area contributed by atoms with Gasteiger partial charge in [0.25, 0.3) is 0 Å². The molecular formula is C16H32N2O3. The highest BCUT2D eigenvalue weighted by Crippen LogP contribution is 2.18. The molecule has 2 atom stereocenters. The van der Waals surface area contributed by atoms with Crippen LogP contribution in [0.3, 0.4) is 0 Å². The number of piperidine rings is 1. The molecule has 5 nitrogen and oxygen atoms in total. The summed E-state index contributed by atoms with van der Waals surface area (Å²) in [6.07, 6.45) is 3.37. The SMILES string of the molecule is CCOC(=O)C(C)(CCN1CCCC(OC)C1)NC(C)C. The molecule has 0 amide bonds. The summed E-state index contributed by atoms with van der Waals surface area (Å²) < 4.78 is 10.7. The van der Waals surface area contributed by atoms with Crippen LogP contribution in [-0.2, 0) is 14.3 Å². The monoisotopic (exact) mass is 300 g/mol. The van der Waals surface area contributed by atoms with Gasteiger partial charge >= 0.3 is 5.97 Å². The van der Waals surface area contributed by atoms with Gasteiger partial charge in [-0.3, -0.25) is 10.1 Å². The molecule has 0 aromatic carbocycles. The second kappa shape index (κ2) is 8.71. The van der Waals surface area contributed by atoms with Crippen LogP contribution in [0, 0.1) is 0 Å². The van der Waals surface area contributed by atoms with Gasteiger partial charge in [-0.25, -0.2) is 0 Å². The number of esters is 1. The van der Waals surface area contributed by atoms with E-state index in [0.29, 0.717) is 12.7 Å². The Balaban J connectivity index is 2.58. The smallest absolute Gasteiger partial charge is 0.326 e. The largest absolute Gasteiger partial charge is 0.465 e. The van der Waals surface area contributed by atoms with Crippen LogP contribution >= 0.6 is 0 Å². The van der Waals surface area contributed by atoms with Gasteiger partial charge in [0.05, 0.1) is 12.7 Å². The third-order valence-electron chi connectivity index (χ3n) is 4.06. The molecule has 0 saturated carbocycles. The van der Waals surface area contributed by atoms with E-state index in [0.717, 1.165) is 38.9 Å². The minimum Gasteiger partial charge on any atom is -0.465 e. The van der Waals surface area contributed by atoms with E-state index in [4.69, 9.17) is 9.47 Å². The highest BCUT2D eigenvalue weighted by Gasteiger charge is 2.35. The van der Waals surface area contributed by atoms with E-state index in [1.165, 1.54) is 0 Å². The van der Waals surface area contributed by atoms with Gasteiger partial charge in [0.1, 0.15) is 5.54 Å². The van der Waals surface area contributed by atoms with Crippen LogP contribution in [0.4, 0.5) is 0 Å². The number of carbonyl (C=O) groups excluding carboxylic acids is 1. The van der Waals surface area contributed by atoms with Crippen molar-refractivity contribution >= 4 is 5.97 Å². The van der Waals surface area contributed by atoms with Crippen molar-refractivity contribution in [1.82, 2.24) is 10.2 Å². The molecule has 1 fully saturated rings. The maximum atomic E-state index is 12.3. The molecule has 2 unspecified atom stereocenters. The molecule has 1 aliphatic rings. The summed E-state index contributed by atoms with van der Waals surface area (Å²) in [4.78, 5) is 14.7. The Kier molecular flexibility index (Phi) is 7.63. The number of hydrogen-bond acceptors (Lipinski definition) is 5. The number of rotatable bonds is 8. The fraction of sp³-hybridized carbons (Fsp3) is 0.938. The summed E-state index contributed by atoms with van der Waals surface area (Å²) in [5.74, 6) is -0.154. The number of nitrogens with zero attached hydrogens (tertiary/aromatic N) is 1. The van der Waals surface area contributed by atoms with Crippen molar-refractivity contribution in [3.8, 4) is 0 Å². The summed E-state index contributed by atoms with van der Waals surface area (Å²) >= 11 is 0. The van der Waals surface area contributed by atoms with Crippen LogP contribution in [0.15, 0.2) is 0 Å². The number of carbonyl (C=O) groups is 1. The van der Waals surface area contributed by atoms with Crippen LogP contribution in [0.1, 0.15) is 47.0 Å². The van der Waals surface area contributed by atoms with Gasteiger partial charge in [0.2, 0.25) is 0 Å². The number of ether oxygens (including phenoxy) is 2. The molecule has 124 valence electrons. The van der Waals surface area contributed by atoms with E-state index in [9.17, 15) is 4.79 Å². The fourth-order valence-electron chi connectivity index (χ4n) is 2.95. The van der Waals surface area contributed by atoms with E-state index < -0.39 is 5.54 Å². The zero-order valence-electron chi connectivity index (χ0n) is 14.3. The lowest BCUT2D eigenvalue weighted by Crippen LogP contribution is -2.55. The van der Waals surface area contributed by atoms with Crippen molar-refractivity contribution in [2.75, 3.05) is 33.4 Å². The van der Waals surface area contributed by atoms with Gasteiger partial charge in [0.15, 0.2) is 0 Å². The van der Waals surface area contributed by atoms with E-state index in [1.807, 2.05) is 13.8 Å². The maximum absolute atomic E-state index is 12.3. The van der Waals surface area contributed by atoms with Crippen molar-refractivity contribution in [3.63, 3.8) is 0 Å². The standard InChI is InChI=1S/C16H32N2O3/c1-6-21-15(19)16(4,17-13(2)3)9-11-18-10-7-8-14(12-18)20-5/h13-14,17H,6-12H2,1-5H3. The predicted octanol–water partition coefficient (Wildman–Crippen LogP) is 1.81. The number of methoxy groups -OCH3 is 1. The van der Waals surface area contributed by atoms with Gasteiger partial charge in [0, 0.05) is 26.2 Å². The molecule has 1 rings (SSSR count). The highest BCUT2D eigenvalue weighted by molar-refractivity contribution is 5.80. The van der Waals surface area contributed by atoms with Crippen LogP contribution in [0.2, 0.25) is 0 Å². The lowest BCUT2D eigenvalue weighted by atomic mass is 9.95.